The highest BCUT2D eigenvalue weighted by atomic mass is 16.5. The zero-order chi connectivity index (χ0) is 19.4. The van der Waals surface area contributed by atoms with Gasteiger partial charge in [0.15, 0.2) is 0 Å². The normalized spacial score (nSPS) is 19.6. The SMILES string of the molecule is CC1CN(c2ccc(C(=O)N(CC(=O)O)c3ccccc3)cn2)CC(C)O1. The van der Waals surface area contributed by atoms with Crippen molar-refractivity contribution < 1.29 is 19.4 Å². The van der Waals surface area contributed by atoms with Crippen LogP contribution >= 0.6 is 0 Å². The number of pyridine rings is 1. The number of carboxylic acid groups (broad SMARTS) is 1. The van der Waals surface area contributed by atoms with Crippen LogP contribution in [0.15, 0.2) is 48.7 Å². The lowest BCUT2D eigenvalue weighted by atomic mass is 10.2. The summed E-state index contributed by atoms with van der Waals surface area (Å²) in [6.45, 7) is 5.09. The Morgan fingerprint density at radius 2 is 1.81 bits per heavy atom. The lowest BCUT2D eigenvalue weighted by molar-refractivity contribution is -0.135. The molecule has 1 aromatic heterocycles. The van der Waals surface area contributed by atoms with Crippen LogP contribution in [0.2, 0.25) is 0 Å². The fraction of sp³-hybridized carbons (Fsp3) is 0.350. The number of carbonyl (C=O) groups excluding carboxylic acids is 1. The Morgan fingerprint density at radius 1 is 1.15 bits per heavy atom. The summed E-state index contributed by atoms with van der Waals surface area (Å²) in [7, 11) is 0. The van der Waals surface area contributed by atoms with Crippen molar-refractivity contribution in [3.63, 3.8) is 0 Å². The largest absolute Gasteiger partial charge is 0.480 e. The van der Waals surface area contributed by atoms with Crippen molar-refractivity contribution in [3.05, 3.63) is 54.2 Å². The molecule has 142 valence electrons. The van der Waals surface area contributed by atoms with Crippen LogP contribution in [-0.2, 0) is 9.53 Å². The predicted molar refractivity (Wildman–Crippen MR) is 102 cm³/mol. The van der Waals surface area contributed by atoms with E-state index in [1.165, 1.54) is 11.1 Å². The van der Waals surface area contributed by atoms with Crippen LogP contribution < -0.4 is 9.80 Å². The molecule has 0 aliphatic carbocycles. The highest BCUT2D eigenvalue weighted by molar-refractivity contribution is 6.08. The topological polar surface area (TPSA) is 83.0 Å². The highest BCUT2D eigenvalue weighted by Gasteiger charge is 2.24. The van der Waals surface area contributed by atoms with Gasteiger partial charge in [0, 0.05) is 25.0 Å². The van der Waals surface area contributed by atoms with Crippen LogP contribution in [0.4, 0.5) is 11.5 Å². The van der Waals surface area contributed by atoms with Gasteiger partial charge in [-0.15, -0.1) is 0 Å². The fourth-order valence-corrected chi connectivity index (χ4v) is 3.24. The maximum absolute atomic E-state index is 12.9. The van der Waals surface area contributed by atoms with Crippen LogP contribution in [0, 0.1) is 0 Å². The highest BCUT2D eigenvalue weighted by Crippen LogP contribution is 2.20. The van der Waals surface area contributed by atoms with E-state index in [9.17, 15) is 14.7 Å². The molecule has 2 atom stereocenters. The van der Waals surface area contributed by atoms with Crippen LogP contribution in [-0.4, -0.2) is 53.8 Å². The van der Waals surface area contributed by atoms with Crippen LogP contribution in [0.5, 0.6) is 0 Å². The summed E-state index contributed by atoms with van der Waals surface area (Å²) >= 11 is 0. The van der Waals surface area contributed by atoms with Gasteiger partial charge in [0.05, 0.1) is 17.8 Å². The summed E-state index contributed by atoms with van der Waals surface area (Å²) in [4.78, 5) is 31.9. The second kappa shape index (κ2) is 8.18. The fourth-order valence-electron chi connectivity index (χ4n) is 3.24. The molecule has 0 radical (unpaired) electrons. The number of hydrogen-bond acceptors (Lipinski definition) is 5. The number of para-hydroxylation sites is 1. The van der Waals surface area contributed by atoms with Gasteiger partial charge in [0.1, 0.15) is 12.4 Å². The average Bonchev–Trinajstić information content (AvgIpc) is 2.65. The number of morpholine rings is 1. The maximum atomic E-state index is 12.9. The van der Waals surface area contributed by atoms with Crippen LogP contribution in [0.3, 0.4) is 0 Å². The molecule has 2 unspecified atom stereocenters. The Kier molecular flexibility index (Phi) is 5.71. The molecule has 1 N–H and O–H groups in total. The first-order valence-electron chi connectivity index (χ1n) is 8.89. The summed E-state index contributed by atoms with van der Waals surface area (Å²) in [6.07, 6.45) is 1.72. The van der Waals surface area contributed by atoms with Gasteiger partial charge >= 0.3 is 5.97 Å². The summed E-state index contributed by atoms with van der Waals surface area (Å²) in [5.74, 6) is -0.697. The van der Waals surface area contributed by atoms with E-state index in [0.29, 0.717) is 11.3 Å². The molecule has 2 aromatic rings. The number of carbonyl (C=O) groups is 2. The van der Waals surface area contributed by atoms with Gasteiger partial charge < -0.3 is 14.7 Å². The van der Waals surface area contributed by atoms with Gasteiger partial charge in [-0.05, 0) is 38.1 Å². The summed E-state index contributed by atoms with van der Waals surface area (Å²) in [5.41, 5.74) is 0.878. The maximum Gasteiger partial charge on any atom is 0.323 e. The number of aromatic nitrogens is 1. The molecule has 1 amide bonds. The van der Waals surface area contributed by atoms with Gasteiger partial charge in [0.2, 0.25) is 0 Å². The summed E-state index contributed by atoms with van der Waals surface area (Å²) in [5, 5.41) is 9.18. The van der Waals surface area contributed by atoms with Crippen molar-refractivity contribution >= 4 is 23.4 Å². The lowest BCUT2D eigenvalue weighted by Gasteiger charge is -2.36. The minimum absolute atomic E-state index is 0.112. The number of ether oxygens (including phenoxy) is 1. The molecule has 0 saturated carbocycles. The standard InChI is InChI=1S/C20H23N3O4/c1-14-11-22(12-15(2)27-14)18-9-8-16(10-21-18)20(26)23(13-19(24)25)17-6-4-3-5-7-17/h3-10,14-15H,11-13H2,1-2H3,(H,24,25). The van der Waals surface area contributed by atoms with E-state index < -0.39 is 18.4 Å². The lowest BCUT2D eigenvalue weighted by Crippen LogP contribution is -2.45. The Morgan fingerprint density at radius 3 is 2.37 bits per heavy atom. The molecule has 1 aromatic carbocycles. The van der Waals surface area contributed by atoms with Gasteiger partial charge in [-0.1, -0.05) is 18.2 Å². The van der Waals surface area contributed by atoms with E-state index in [1.54, 1.807) is 36.4 Å². The number of aliphatic carboxylic acids is 1. The number of rotatable bonds is 5. The first-order chi connectivity index (χ1) is 12.9. The zero-order valence-electron chi connectivity index (χ0n) is 15.4. The van der Waals surface area contributed by atoms with E-state index in [0.717, 1.165) is 18.9 Å². The van der Waals surface area contributed by atoms with Gasteiger partial charge in [-0.3, -0.25) is 14.5 Å². The number of nitrogens with zero attached hydrogens (tertiary/aromatic N) is 3. The van der Waals surface area contributed by atoms with Gasteiger partial charge in [-0.2, -0.15) is 0 Å². The van der Waals surface area contributed by atoms with E-state index >= 15 is 0 Å². The van der Waals surface area contributed by atoms with Crippen LogP contribution in [0.25, 0.3) is 0 Å². The summed E-state index contributed by atoms with van der Waals surface area (Å²) in [6, 6.07) is 12.2. The molecule has 2 heterocycles. The third kappa shape index (κ3) is 4.62. The van der Waals surface area contributed by atoms with Crippen molar-refractivity contribution in [2.24, 2.45) is 0 Å². The predicted octanol–water partition coefficient (Wildman–Crippen LogP) is 2.43. The van der Waals surface area contributed by atoms with E-state index in [-0.39, 0.29) is 12.2 Å². The number of anilines is 2. The molecular weight excluding hydrogens is 346 g/mol. The molecule has 1 aliphatic heterocycles. The third-order valence-corrected chi connectivity index (χ3v) is 4.34. The second-order valence-electron chi connectivity index (χ2n) is 6.69. The van der Waals surface area contributed by atoms with Crippen molar-refractivity contribution in [2.75, 3.05) is 29.4 Å². The van der Waals surface area contributed by atoms with Crippen molar-refractivity contribution in [1.29, 1.82) is 0 Å². The zero-order valence-corrected chi connectivity index (χ0v) is 15.4. The minimum atomic E-state index is -1.08. The monoisotopic (exact) mass is 369 g/mol. The number of amides is 1. The average molecular weight is 369 g/mol. The smallest absolute Gasteiger partial charge is 0.323 e. The molecule has 3 rings (SSSR count). The molecule has 7 nitrogen and oxygen atoms in total. The Hall–Kier alpha value is -2.93. The molecule has 7 heteroatoms. The molecule has 1 fully saturated rings. The minimum Gasteiger partial charge on any atom is -0.480 e. The van der Waals surface area contributed by atoms with Gasteiger partial charge in [0.25, 0.3) is 5.91 Å². The summed E-state index contributed by atoms with van der Waals surface area (Å²) < 4.78 is 5.73. The Labute approximate surface area is 158 Å². The molecule has 0 spiro atoms. The Bertz CT molecular complexity index is 785. The van der Waals surface area contributed by atoms with Crippen molar-refractivity contribution in [3.8, 4) is 0 Å². The molecule has 1 aliphatic rings. The molecule has 1 saturated heterocycles. The van der Waals surface area contributed by atoms with Crippen molar-refractivity contribution in [1.82, 2.24) is 4.98 Å². The number of benzene rings is 1. The quantitative estimate of drug-likeness (QED) is 0.872. The van der Waals surface area contributed by atoms with E-state index in [1.807, 2.05) is 19.9 Å². The molecule has 0 bridgehead atoms. The first kappa shape index (κ1) is 18.8. The molecule has 27 heavy (non-hydrogen) atoms. The third-order valence-electron chi connectivity index (χ3n) is 4.34. The van der Waals surface area contributed by atoms with Crippen LogP contribution in [0.1, 0.15) is 24.2 Å². The van der Waals surface area contributed by atoms with E-state index in [2.05, 4.69) is 9.88 Å². The number of carboxylic acids is 1. The Balaban J connectivity index is 1.80. The van der Waals surface area contributed by atoms with E-state index in [4.69, 9.17) is 4.74 Å². The van der Waals surface area contributed by atoms with Gasteiger partial charge in [-0.25, -0.2) is 4.98 Å². The van der Waals surface area contributed by atoms with Crippen molar-refractivity contribution in [2.45, 2.75) is 26.1 Å². The first-order valence-corrected chi connectivity index (χ1v) is 8.89. The second-order valence-corrected chi connectivity index (χ2v) is 6.69. The molecular formula is C20H23N3O4. The number of hydrogen-bond donors (Lipinski definition) is 1.